The lowest BCUT2D eigenvalue weighted by Crippen LogP contribution is -2.28. The second-order valence-corrected chi connectivity index (χ2v) is 7.64. The maximum Gasteiger partial charge on any atom is 0.230 e. The Morgan fingerprint density at radius 3 is 2.00 bits per heavy atom. The quantitative estimate of drug-likeness (QED) is 0.559. The molecule has 1 atom stereocenters. The van der Waals surface area contributed by atoms with Crippen LogP contribution in [0.1, 0.15) is 34.9 Å². The number of hydrogen-bond acceptors (Lipinski definition) is 3. The molecule has 3 aromatic rings. The summed E-state index contributed by atoms with van der Waals surface area (Å²) in [7, 11) is 1.65. The molecule has 3 rings (SSSR count). The predicted molar refractivity (Wildman–Crippen MR) is 117 cm³/mol. The summed E-state index contributed by atoms with van der Waals surface area (Å²) in [5.74, 6) is 1.18. The number of amides is 1. The lowest BCUT2D eigenvalue weighted by molar-refractivity contribution is -0.119. The van der Waals surface area contributed by atoms with Crippen LogP contribution in [0.25, 0.3) is 0 Å². The average Bonchev–Trinajstić information content (AvgIpc) is 2.75. The first-order chi connectivity index (χ1) is 13.7. The highest BCUT2D eigenvalue weighted by atomic mass is 32.2. The number of carbonyl (C=O) groups is 1. The molecule has 3 nitrogen and oxygen atoms in total. The number of hydrogen-bond donors (Lipinski definition) is 1. The van der Waals surface area contributed by atoms with Gasteiger partial charge < -0.3 is 10.1 Å². The number of benzene rings is 3. The molecule has 4 heteroatoms. The Labute approximate surface area is 171 Å². The van der Waals surface area contributed by atoms with E-state index in [0.29, 0.717) is 5.75 Å². The smallest absolute Gasteiger partial charge is 0.230 e. The molecule has 0 aliphatic heterocycles. The number of rotatable bonds is 8. The van der Waals surface area contributed by atoms with Gasteiger partial charge in [0.25, 0.3) is 0 Å². The molecule has 0 saturated carbocycles. The number of thioether (sulfide) groups is 1. The Balaban J connectivity index is 1.67. The summed E-state index contributed by atoms with van der Waals surface area (Å²) in [4.78, 5) is 12.6. The van der Waals surface area contributed by atoms with Crippen LogP contribution in [-0.2, 0) is 4.79 Å². The van der Waals surface area contributed by atoms with Crippen LogP contribution in [0.2, 0.25) is 0 Å². The Bertz CT molecular complexity index is 844. The summed E-state index contributed by atoms with van der Waals surface area (Å²) < 4.78 is 5.41. The lowest BCUT2D eigenvalue weighted by atomic mass is 10.0. The molecule has 3 aromatic carbocycles. The fourth-order valence-electron chi connectivity index (χ4n) is 3.18. The standard InChI is InChI=1S/C24H25NO2S/c1-18(21-15-9-10-16-22(21)27-2)25-23(26)17-28-24(19-11-5-3-6-12-19)20-13-7-4-8-14-20/h3-16,18,24H,17H2,1-2H3,(H,25,26). The highest BCUT2D eigenvalue weighted by Crippen LogP contribution is 2.35. The highest BCUT2D eigenvalue weighted by molar-refractivity contribution is 8.00. The van der Waals surface area contributed by atoms with E-state index in [2.05, 4.69) is 29.6 Å². The zero-order valence-corrected chi connectivity index (χ0v) is 17.0. The van der Waals surface area contributed by atoms with Gasteiger partial charge in [0.05, 0.1) is 24.2 Å². The average molecular weight is 392 g/mol. The first-order valence-electron chi connectivity index (χ1n) is 9.33. The number of carbonyl (C=O) groups excluding carboxylic acids is 1. The Kier molecular flexibility index (Phi) is 7.15. The SMILES string of the molecule is COc1ccccc1C(C)NC(=O)CSC(c1ccccc1)c1ccccc1. The molecular weight excluding hydrogens is 366 g/mol. The Morgan fingerprint density at radius 2 is 1.43 bits per heavy atom. The van der Waals surface area contributed by atoms with E-state index in [9.17, 15) is 4.79 Å². The summed E-state index contributed by atoms with van der Waals surface area (Å²) in [6, 6.07) is 28.3. The van der Waals surface area contributed by atoms with Crippen LogP contribution in [0.5, 0.6) is 5.75 Å². The lowest BCUT2D eigenvalue weighted by Gasteiger charge is -2.20. The third-order valence-electron chi connectivity index (χ3n) is 4.57. The molecule has 1 unspecified atom stereocenters. The van der Waals surface area contributed by atoms with Crippen molar-refractivity contribution in [2.45, 2.75) is 18.2 Å². The van der Waals surface area contributed by atoms with E-state index < -0.39 is 0 Å². The van der Waals surface area contributed by atoms with Crippen LogP contribution in [0, 0.1) is 0 Å². The highest BCUT2D eigenvalue weighted by Gasteiger charge is 2.18. The largest absolute Gasteiger partial charge is 0.496 e. The summed E-state index contributed by atoms with van der Waals surface area (Å²) in [6.45, 7) is 1.98. The van der Waals surface area contributed by atoms with Gasteiger partial charge in [-0.2, -0.15) is 0 Å². The zero-order chi connectivity index (χ0) is 19.8. The van der Waals surface area contributed by atoms with Gasteiger partial charge in [-0.25, -0.2) is 0 Å². The van der Waals surface area contributed by atoms with Crippen molar-refractivity contribution < 1.29 is 9.53 Å². The topological polar surface area (TPSA) is 38.3 Å². The maximum absolute atomic E-state index is 12.6. The second kappa shape index (κ2) is 10.00. The monoisotopic (exact) mass is 391 g/mol. The van der Waals surface area contributed by atoms with Gasteiger partial charge in [-0.05, 0) is 24.1 Å². The van der Waals surface area contributed by atoms with Gasteiger partial charge in [0, 0.05) is 5.56 Å². The van der Waals surface area contributed by atoms with E-state index in [1.54, 1.807) is 18.9 Å². The van der Waals surface area contributed by atoms with Gasteiger partial charge in [-0.3, -0.25) is 4.79 Å². The van der Waals surface area contributed by atoms with E-state index in [4.69, 9.17) is 4.74 Å². The molecule has 0 saturated heterocycles. The van der Waals surface area contributed by atoms with Crippen molar-refractivity contribution in [1.82, 2.24) is 5.32 Å². The summed E-state index contributed by atoms with van der Waals surface area (Å²) in [6.07, 6.45) is 0. The molecule has 1 amide bonds. The Morgan fingerprint density at radius 1 is 0.893 bits per heavy atom. The van der Waals surface area contributed by atoms with Gasteiger partial charge in [-0.15, -0.1) is 11.8 Å². The molecule has 0 bridgehead atoms. The van der Waals surface area contributed by atoms with Crippen molar-refractivity contribution in [3.63, 3.8) is 0 Å². The van der Waals surface area contributed by atoms with Gasteiger partial charge in [0.1, 0.15) is 5.75 Å². The van der Waals surface area contributed by atoms with Crippen molar-refractivity contribution in [2.24, 2.45) is 0 Å². The number of methoxy groups -OCH3 is 1. The summed E-state index contributed by atoms with van der Waals surface area (Å²) in [5.41, 5.74) is 3.37. The first-order valence-corrected chi connectivity index (χ1v) is 10.4. The minimum Gasteiger partial charge on any atom is -0.496 e. The van der Waals surface area contributed by atoms with Crippen LogP contribution in [-0.4, -0.2) is 18.8 Å². The zero-order valence-electron chi connectivity index (χ0n) is 16.2. The number of para-hydroxylation sites is 1. The van der Waals surface area contributed by atoms with Gasteiger partial charge in [-0.1, -0.05) is 78.9 Å². The van der Waals surface area contributed by atoms with Crippen molar-refractivity contribution in [3.05, 3.63) is 102 Å². The van der Waals surface area contributed by atoms with Crippen LogP contribution >= 0.6 is 11.8 Å². The van der Waals surface area contributed by atoms with E-state index in [-0.39, 0.29) is 17.2 Å². The van der Waals surface area contributed by atoms with E-state index in [1.807, 2.05) is 67.6 Å². The fourth-order valence-corrected chi connectivity index (χ4v) is 4.29. The summed E-state index contributed by atoms with van der Waals surface area (Å²) >= 11 is 1.64. The third kappa shape index (κ3) is 5.17. The first kappa shape index (κ1) is 20.0. The van der Waals surface area contributed by atoms with E-state index >= 15 is 0 Å². The van der Waals surface area contributed by atoms with Crippen LogP contribution in [0.3, 0.4) is 0 Å². The molecule has 0 fully saturated rings. The molecule has 144 valence electrons. The van der Waals surface area contributed by atoms with Crippen molar-refractivity contribution in [2.75, 3.05) is 12.9 Å². The number of nitrogens with one attached hydrogen (secondary N) is 1. The summed E-state index contributed by atoms with van der Waals surface area (Å²) in [5, 5.41) is 3.21. The molecule has 28 heavy (non-hydrogen) atoms. The maximum atomic E-state index is 12.6. The van der Waals surface area contributed by atoms with Crippen LogP contribution in [0.15, 0.2) is 84.9 Å². The fraction of sp³-hybridized carbons (Fsp3) is 0.208. The third-order valence-corrected chi connectivity index (χ3v) is 5.88. The molecule has 0 aromatic heterocycles. The molecule has 0 heterocycles. The molecule has 0 spiro atoms. The minimum absolute atomic E-state index is 0.0141. The van der Waals surface area contributed by atoms with Crippen LogP contribution < -0.4 is 10.1 Å². The molecular formula is C24H25NO2S. The molecule has 0 radical (unpaired) electrons. The molecule has 0 aliphatic carbocycles. The minimum atomic E-state index is -0.115. The van der Waals surface area contributed by atoms with Crippen molar-refractivity contribution in [1.29, 1.82) is 0 Å². The van der Waals surface area contributed by atoms with Crippen molar-refractivity contribution >= 4 is 17.7 Å². The normalized spacial score (nSPS) is 11.8. The number of ether oxygens (including phenoxy) is 1. The van der Waals surface area contributed by atoms with E-state index in [1.165, 1.54) is 11.1 Å². The Hall–Kier alpha value is -2.72. The van der Waals surface area contributed by atoms with Gasteiger partial charge >= 0.3 is 0 Å². The van der Waals surface area contributed by atoms with Gasteiger partial charge in [0.2, 0.25) is 5.91 Å². The van der Waals surface area contributed by atoms with Gasteiger partial charge in [0.15, 0.2) is 0 Å². The van der Waals surface area contributed by atoms with Crippen LogP contribution in [0.4, 0.5) is 0 Å². The molecule has 0 aliphatic rings. The molecule has 1 N–H and O–H groups in total. The van der Waals surface area contributed by atoms with Crippen molar-refractivity contribution in [3.8, 4) is 5.75 Å². The predicted octanol–water partition coefficient (Wildman–Crippen LogP) is 5.40. The van der Waals surface area contributed by atoms with E-state index in [0.717, 1.165) is 11.3 Å². The second-order valence-electron chi connectivity index (χ2n) is 6.54.